The van der Waals surface area contributed by atoms with E-state index in [4.69, 9.17) is 4.98 Å². The number of rotatable bonds is 6. The van der Waals surface area contributed by atoms with Crippen LogP contribution in [0.5, 0.6) is 0 Å². The molecular weight excluding hydrogens is 322 g/mol. The Labute approximate surface area is 143 Å². The van der Waals surface area contributed by atoms with E-state index in [1.165, 1.54) is 0 Å². The van der Waals surface area contributed by atoms with Gasteiger partial charge in [-0.3, -0.25) is 9.88 Å². The average Bonchev–Trinajstić information content (AvgIpc) is 3.35. The van der Waals surface area contributed by atoms with Crippen LogP contribution >= 0.6 is 0 Å². The number of benzene rings is 1. The number of hydrogen-bond donors (Lipinski definition) is 1. The van der Waals surface area contributed by atoms with Gasteiger partial charge in [0.25, 0.3) is 0 Å². The highest BCUT2D eigenvalue weighted by atomic mass is 32.2. The van der Waals surface area contributed by atoms with E-state index in [9.17, 15) is 8.42 Å². The average molecular weight is 345 g/mol. The smallest absolute Gasteiger partial charge is 0.214 e. The standard InChI is InChI=1S/C18H23N3O2S/c22-24(23,17-7-8-17)19-11-14-9-10-21(12-14)13-16-6-5-15-3-1-2-4-18(15)20-16/h1-6,14,17,19H,7-13H2/t14-/m0/s1. The van der Waals surface area contributed by atoms with Crippen molar-refractivity contribution in [3.8, 4) is 0 Å². The molecule has 1 atom stereocenters. The number of fused-ring (bicyclic) bond motifs is 1. The van der Waals surface area contributed by atoms with Gasteiger partial charge in [-0.05, 0) is 43.9 Å². The number of nitrogens with zero attached hydrogens (tertiary/aromatic N) is 2. The van der Waals surface area contributed by atoms with Crippen LogP contribution in [0.2, 0.25) is 0 Å². The second-order valence-electron chi connectivity index (χ2n) is 6.98. The molecule has 0 spiro atoms. The topological polar surface area (TPSA) is 62.3 Å². The summed E-state index contributed by atoms with van der Waals surface area (Å²) in [6, 6.07) is 12.4. The summed E-state index contributed by atoms with van der Waals surface area (Å²) in [6.45, 7) is 3.34. The van der Waals surface area contributed by atoms with Gasteiger partial charge in [0.05, 0.1) is 16.5 Å². The predicted molar refractivity (Wildman–Crippen MR) is 95.1 cm³/mol. The van der Waals surface area contributed by atoms with Crippen LogP contribution in [0, 0.1) is 5.92 Å². The van der Waals surface area contributed by atoms with Gasteiger partial charge < -0.3 is 0 Å². The molecule has 2 aliphatic rings. The van der Waals surface area contributed by atoms with Crippen LogP contribution in [0.4, 0.5) is 0 Å². The first-order valence-electron chi connectivity index (χ1n) is 8.66. The molecule has 1 aliphatic carbocycles. The molecule has 2 aromatic rings. The van der Waals surface area contributed by atoms with Gasteiger partial charge in [0, 0.05) is 25.0 Å². The molecule has 5 nitrogen and oxygen atoms in total. The molecule has 1 aromatic heterocycles. The van der Waals surface area contributed by atoms with Gasteiger partial charge in [0.1, 0.15) is 0 Å². The van der Waals surface area contributed by atoms with E-state index in [0.29, 0.717) is 12.5 Å². The highest BCUT2D eigenvalue weighted by molar-refractivity contribution is 7.90. The maximum absolute atomic E-state index is 11.9. The summed E-state index contributed by atoms with van der Waals surface area (Å²) in [7, 11) is -3.06. The summed E-state index contributed by atoms with van der Waals surface area (Å²) in [4.78, 5) is 7.10. The lowest BCUT2D eigenvalue weighted by atomic mass is 10.1. The fraction of sp³-hybridized carbons (Fsp3) is 0.500. The molecule has 1 N–H and O–H groups in total. The fourth-order valence-corrected chi connectivity index (χ4v) is 4.84. The van der Waals surface area contributed by atoms with Gasteiger partial charge in [-0.25, -0.2) is 13.1 Å². The van der Waals surface area contributed by atoms with E-state index >= 15 is 0 Å². The van der Waals surface area contributed by atoms with Crippen LogP contribution in [0.3, 0.4) is 0 Å². The van der Waals surface area contributed by atoms with Gasteiger partial charge in [-0.1, -0.05) is 24.3 Å². The minimum absolute atomic E-state index is 0.128. The second kappa shape index (κ2) is 6.43. The normalized spacial score (nSPS) is 22.2. The van der Waals surface area contributed by atoms with Crippen LogP contribution in [0.1, 0.15) is 25.0 Å². The molecule has 2 heterocycles. The van der Waals surface area contributed by atoms with E-state index in [1.54, 1.807) is 0 Å². The Morgan fingerprint density at radius 3 is 2.79 bits per heavy atom. The number of nitrogens with one attached hydrogen (secondary N) is 1. The Kier molecular flexibility index (Phi) is 4.28. The third-order valence-corrected chi connectivity index (χ3v) is 6.87. The third kappa shape index (κ3) is 3.61. The summed E-state index contributed by atoms with van der Waals surface area (Å²) in [6.07, 6.45) is 2.68. The zero-order chi connectivity index (χ0) is 16.6. The van der Waals surface area contributed by atoms with Crippen LogP contribution in [0.15, 0.2) is 36.4 Å². The van der Waals surface area contributed by atoms with Crippen LogP contribution in [-0.4, -0.2) is 43.2 Å². The van der Waals surface area contributed by atoms with Gasteiger partial charge in [0.2, 0.25) is 10.0 Å². The van der Waals surface area contributed by atoms with Crippen molar-refractivity contribution < 1.29 is 8.42 Å². The first kappa shape index (κ1) is 16.0. The zero-order valence-corrected chi connectivity index (χ0v) is 14.5. The summed E-state index contributed by atoms with van der Waals surface area (Å²) < 4.78 is 26.6. The quantitative estimate of drug-likeness (QED) is 0.871. The van der Waals surface area contributed by atoms with Crippen molar-refractivity contribution in [3.05, 3.63) is 42.1 Å². The monoisotopic (exact) mass is 345 g/mol. The molecule has 2 fully saturated rings. The number of sulfonamides is 1. The second-order valence-corrected chi connectivity index (χ2v) is 9.02. The third-order valence-electron chi connectivity index (χ3n) is 4.95. The molecule has 1 aliphatic heterocycles. The van der Waals surface area contributed by atoms with E-state index in [-0.39, 0.29) is 5.25 Å². The molecule has 6 heteroatoms. The van der Waals surface area contributed by atoms with E-state index < -0.39 is 10.0 Å². The summed E-state index contributed by atoms with van der Waals surface area (Å²) in [5.74, 6) is 0.402. The Hall–Kier alpha value is -1.50. The van der Waals surface area contributed by atoms with E-state index in [0.717, 1.165) is 55.5 Å². The summed E-state index contributed by atoms with van der Waals surface area (Å²) in [5, 5.41) is 1.03. The number of hydrogen-bond acceptors (Lipinski definition) is 4. The lowest BCUT2D eigenvalue weighted by Crippen LogP contribution is -2.33. The predicted octanol–water partition coefficient (Wildman–Crippen LogP) is 2.14. The molecule has 1 saturated heterocycles. The molecule has 0 bridgehead atoms. The van der Waals surface area contributed by atoms with Crippen molar-refractivity contribution in [2.45, 2.75) is 31.1 Å². The molecular formula is C18H23N3O2S. The van der Waals surface area contributed by atoms with Crippen molar-refractivity contribution in [1.82, 2.24) is 14.6 Å². The molecule has 128 valence electrons. The first-order valence-corrected chi connectivity index (χ1v) is 10.2. The van der Waals surface area contributed by atoms with Gasteiger partial charge in [-0.15, -0.1) is 0 Å². The van der Waals surface area contributed by atoms with Crippen LogP contribution in [0.25, 0.3) is 10.9 Å². The molecule has 4 rings (SSSR count). The highest BCUT2D eigenvalue weighted by Gasteiger charge is 2.36. The first-order chi connectivity index (χ1) is 11.6. The van der Waals surface area contributed by atoms with E-state index in [1.807, 2.05) is 18.2 Å². The molecule has 24 heavy (non-hydrogen) atoms. The lowest BCUT2D eigenvalue weighted by Gasteiger charge is -2.16. The molecule has 0 amide bonds. The maximum atomic E-state index is 11.9. The van der Waals surface area contributed by atoms with Crippen LogP contribution in [-0.2, 0) is 16.6 Å². The van der Waals surface area contributed by atoms with Crippen molar-refractivity contribution in [2.75, 3.05) is 19.6 Å². The van der Waals surface area contributed by atoms with Crippen molar-refractivity contribution in [3.63, 3.8) is 0 Å². The van der Waals surface area contributed by atoms with Gasteiger partial charge >= 0.3 is 0 Å². The number of pyridine rings is 1. The largest absolute Gasteiger partial charge is 0.297 e. The van der Waals surface area contributed by atoms with Crippen molar-refractivity contribution in [1.29, 1.82) is 0 Å². The Balaban J connectivity index is 1.32. The molecule has 1 saturated carbocycles. The fourth-order valence-electron chi connectivity index (χ4n) is 3.38. The number of likely N-dealkylation sites (tertiary alicyclic amines) is 1. The highest BCUT2D eigenvalue weighted by Crippen LogP contribution is 2.28. The Morgan fingerprint density at radius 1 is 1.12 bits per heavy atom. The van der Waals surface area contributed by atoms with Gasteiger partial charge in [0.15, 0.2) is 0 Å². The molecule has 0 radical (unpaired) electrons. The number of para-hydroxylation sites is 1. The minimum atomic E-state index is -3.06. The SMILES string of the molecule is O=S(=O)(NC[C@@H]1CCN(Cc2ccc3ccccc3n2)C1)C1CC1. The van der Waals surface area contributed by atoms with E-state index in [2.05, 4.69) is 27.8 Å². The minimum Gasteiger partial charge on any atom is -0.297 e. The molecule has 0 unspecified atom stereocenters. The Bertz CT molecular complexity index is 833. The maximum Gasteiger partial charge on any atom is 0.214 e. The molecule has 1 aromatic carbocycles. The summed E-state index contributed by atoms with van der Waals surface area (Å²) in [5.41, 5.74) is 2.11. The Morgan fingerprint density at radius 2 is 1.96 bits per heavy atom. The zero-order valence-electron chi connectivity index (χ0n) is 13.7. The van der Waals surface area contributed by atoms with Crippen molar-refractivity contribution in [2.24, 2.45) is 5.92 Å². The van der Waals surface area contributed by atoms with Gasteiger partial charge in [-0.2, -0.15) is 0 Å². The van der Waals surface area contributed by atoms with Crippen molar-refractivity contribution >= 4 is 20.9 Å². The lowest BCUT2D eigenvalue weighted by molar-refractivity contribution is 0.313. The summed E-state index contributed by atoms with van der Waals surface area (Å²) >= 11 is 0. The number of aromatic nitrogens is 1. The van der Waals surface area contributed by atoms with Crippen LogP contribution < -0.4 is 4.72 Å².